The van der Waals surface area contributed by atoms with Gasteiger partial charge in [0, 0.05) is 34.7 Å². The number of aromatic nitrogens is 2. The first-order valence-corrected chi connectivity index (χ1v) is 11.9. The number of ether oxygens (including phenoxy) is 1. The van der Waals surface area contributed by atoms with Gasteiger partial charge in [0.05, 0.1) is 0 Å². The first-order valence-electron chi connectivity index (χ1n) is 11.9. The van der Waals surface area contributed by atoms with Crippen molar-refractivity contribution >= 4 is 35.6 Å². The second-order valence-corrected chi connectivity index (χ2v) is 8.72. The average molecular weight is 528 g/mol. The number of hydrogen-bond donors (Lipinski definition) is 5. The molecular formula is C28H25N5O6. The molecule has 0 saturated carbocycles. The lowest BCUT2D eigenvalue weighted by Gasteiger charge is -2.13. The largest absolute Gasteiger partial charge is 0.478 e. The Morgan fingerprint density at radius 3 is 2.26 bits per heavy atom. The van der Waals surface area contributed by atoms with E-state index in [4.69, 9.17) is 4.74 Å². The minimum atomic E-state index is -1.22. The van der Waals surface area contributed by atoms with Crippen LogP contribution in [0, 0.1) is 0 Å². The number of carbonyl (C=O) groups excluding carboxylic acids is 3. The molecule has 5 N–H and O–H groups in total. The summed E-state index contributed by atoms with van der Waals surface area (Å²) in [4.78, 5) is 54.2. The molecule has 4 rings (SSSR count). The highest BCUT2D eigenvalue weighted by Crippen LogP contribution is 2.29. The number of carboxylic acids is 1. The van der Waals surface area contributed by atoms with Crippen LogP contribution in [0.5, 0.6) is 11.5 Å². The molecule has 0 fully saturated rings. The molecule has 0 saturated heterocycles. The number of hydrogen-bond acceptors (Lipinski definition) is 6. The van der Waals surface area contributed by atoms with E-state index in [0.717, 1.165) is 5.56 Å². The minimum absolute atomic E-state index is 0.0778. The van der Waals surface area contributed by atoms with Gasteiger partial charge in [0.15, 0.2) is 6.29 Å². The summed E-state index contributed by atoms with van der Waals surface area (Å²) in [5.41, 5.74) is 2.12. The standard InChI is InChI=1S/C28H25N5O6/c1-16(2)30-28(38)33-20-9-12-24(23(13-20)27(36)37)39-22-10-7-19(8-11-22)32-26(35)18-5-3-17(4-6-18)25-29-14-21(15-34)31-25/h3-16H,1-2H3,(H,29,31)(H,32,35)(H,36,37)(H2,30,33,38). The Balaban J connectivity index is 1.40. The molecule has 3 aromatic carbocycles. The van der Waals surface area contributed by atoms with Crippen molar-refractivity contribution in [3.63, 3.8) is 0 Å². The lowest BCUT2D eigenvalue weighted by atomic mass is 10.1. The van der Waals surface area contributed by atoms with E-state index in [1.807, 2.05) is 13.8 Å². The van der Waals surface area contributed by atoms with Gasteiger partial charge in [-0.2, -0.15) is 0 Å². The van der Waals surface area contributed by atoms with Crippen molar-refractivity contribution < 1.29 is 29.0 Å². The van der Waals surface area contributed by atoms with Gasteiger partial charge >= 0.3 is 12.0 Å². The topological polar surface area (TPSA) is 163 Å². The minimum Gasteiger partial charge on any atom is -0.478 e. The van der Waals surface area contributed by atoms with Crippen molar-refractivity contribution in [2.45, 2.75) is 19.9 Å². The predicted octanol–water partition coefficient (Wildman–Crippen LogP) is 5.16. The van der Waals surface area contributed by atoms with Gasteiger partial charge in [-0.25, -0.2) is 14.6 Å². The van der Waals surface area contributed by atoms with Crippen LogP contribution >= 0.6 is 0 Å². The summed E-state index contributed by atoms with van der Waals surface area (Å²) in [7, 11) is 0. The fourth-order valence-electron chi connectivity index (χ4n) is 3.55. The predicted molar refractivity (Wildman–Crippen MR) is 145 cm³/mol. The zero-order valence-electron chi connectivity index (χ0n) is 21.0. The summed E-state index contributed by atoms with van der Waals surface area (Å²) in [6.07, 6.45) is 2.15. The molecule has 1 aromatic heterocycles. The Bertz CT molecular complexity index is 1510. The summed E-state index contributed by atoms with van der Waals surface area (Å²) >= 11 is 0. The molecule has 11 heteroatoms. The number of benzene rings is 3. The molecule has 0 aliphatic carbocycles. The molecule has 3 amide bonds. The van der Waals surface area contributed by atoms with E-state index in [0.29, 0.717) is 40.5 Å². The maximum atomic E-state index is 12.7. The number of aromatic carboxylic acids is 1. The summed E-state index contributed by atoms with van der Waals surface area (Å²) < 4.78 is 5.75. The smallest absolute Gasteiger partial charge is 0.339 e. The van der Waals surface area contributed by atoms with Crippen molar-refractivity contribution in [3.05, 3.63) is 89.7 Å². The fourth-order valence-corrected chi connectivity index (χ4v) is 3.55. The van der Waals surface area contributed by atoms with Crippen LogP contribution in [0.15, 0.2) is 72.9 Å². The number of anilines is 2. The normalized spacial score (nSPS) is 10.5. The van der Waals surface area contributed by atoms with Crippen molar-refractivity contribution in [3.8, 4) is 22.9 Å². The average Bonchev–Trinajstić information content (AvgIpc) is 3.39. The van der Waals surface area contributed by atoms with Crippen LogP contribution < -0.4 is 20.7 Å². The quantitative estimate of drug-likeness (QED) is 0.188. The van der Waals surface area contributed by atoms with Crippen LogP contribution in [0.3, 0.4) is 0 Å². The van der Waals surface area contributed by atoms with E-state index in [-0.39, 0.29) is 23.3 Å². The first-order chi connectivity index (χ1) is 18.7. The molecule has 4 aromatic rings. The van der Waals surface area contributed by atoms with Crippen LogP contribution in [0.2, 0.25) is 0 Å². The summed E-state index contributed by atoms with van der Waals surface area (Å²) in [6.45, 7) is 3.62. The molecule has 0 radical (unpaired) electrons. The number of nitrogens with zero attached hydrogens (tertiary/aromatic N) is 1. The molecule has 0 bridgehead atoms. The molecule has 0 aliphatic heterocycles. The number of aromatic amines is 1. The summed E-state index contributed by atoms with van der Waals surface area (Å²) in [5.74, 6) is -0.587. The highest BCUT2D eigenvalue weighted by molar-refractivity contribution is 6.04. The van der Waals surface area contributed by atoms with Crippen LogP contribution in [0.1, 0.15) is 45.1 Å². The Hall–Kier alpha value is -5.45. The summed E-state index contributed by atoms with van der Waals surface area (Å²) in [6, 6.07) is 16.9. The zero-order chi connectivity index (χ0) is 27.9. The second-order valence-electron chi connectivity index (χ2n) is 8.72. The lowest BCUT2D eigenvalue weighted by Crippen LogP contribution is -2.34. The highest BCUT2D eigenvalue weighted by Gasteiger charge is 2.15. The number of rotatable bonds is 9. The van der Waals surface area contributed by atoms with Gasteiger partial charge in [-0.1, -0.05) is 12.1 Å². The zero-order valence-corrected chi connectivity index (χ0v) is 21.0. The maximum Gasteiger partial charge on any atom is 0.339 e. The van der Waals surface area contributed by atoms with Gasteiger partial charge < -0.3 is 30.8 Å². The third-order valence-corrected chi connectivity index (χ3v) is 5.37. The molecule has 11 nitrogen and oxygen atoms in total. The van der Waals surface area contributed by atoms with Crippen molar-refractivity contribution in [2.75, 3.05) is 10.6 Å². The number of H-pyrrole nitrogens is 1. The van der Waals surface area contributed by atoms with Crippen LogP contribution in [-0.2, 0) is 0 Å². The number of aldehydes is 1. The number of imidazole rings is 1. The van der Waals surface area contributed by atoms with E-state index in [9.17, 15) is 24.3 Å². The number of urea groups is 1. The van der Waals surface area contributed by atoms with Gasteiger partial charge in [-0.3, -0.25) is 9.59 Å². The van der Waals surface area contributed by atoms with Gasteiger partial charge in [-0.15, -0.1) is 0 Å². The molecule has 39 heavy (non-hydrogen) atoms. The lowest BCUT2D eigenvalue weighted by molar-refractivity contribution is 0.0693. The number of carbonyl (C=O) groups is 4. The number of amides is 3. The number of nitrogens with one attached hydrogen (secondary N) is 4. The molecular weight excluding hydrogens is 502 g/mol. The second kappa shape index (κ2) is 11.7. The SMILES string of the molecule is CC(C)NC(=O)Nc1ccc(Oc2ccc(NC(=O)c3ccc(-c4nc(C=O)c[nH]4)cc3)cc2)c(C(=O)O)c1. The Labute approximate surface area is 223 Å². The fraction of sp³-hybridized carbons (Fsp3) is 0.107. The first kappa shape index (κ1) is 26.6. The van der Waals surface area contributed by atoms with Gasteiger partial charge in [0.1, 0.15) is 28.6 Å². The molecule has 0 aliphatic rings. The van der Waals surface area contributed by atoms with E-state index < -0.39 is 12.0 Å². The van der Waals surface area contributed by atoms with Gasteiger partial charge in [0.2, 0.25) is 0 Å². The highest BCUT2D eigenvalue weighted by atomic mass is 16.5. The van der Waals surface area contributed by atoms with Crippen molar-refractivity contribution in [1.82, 2.24) is 15.3 Å². The Kier molecular flexibility index (Phi) is 8.00. The third-order valence-electron chi connectivity index (χ3n) is 5.37. The van der Waals surface area contributed by atoms with Gasteiger partial charge in [-0.05, 0) is 68.4 Å². The van der Waals surface area contributed by atoms with Crippen LogP contribution in [0.4, 0.5) is 16.2 Å². The Morgan fingerprint density at radius 1 is 0.949 bits per heavy atom. The molecule has 1 heterocycles. The summed E-state index contributed by atoms with van der Waals surface area (Å²) in [5, 5.41) is 17.7. The number of carboxylic acid groups (broad SMARTS) is 1. The monoisotopic (exact) mass is 527 g/mol. The molecule has 0 atom stereocenters. The molecule has 0 spiro atoms. The van der Waals surface area contributed by atoms with E-state index in [1.165, 1.54) is 24.4 Å². The van der Waals surface area contributed by atoms with Crippen LogP contribution in [-0.4, -0.2) is 45.3 Å². The van der Waals surface area contributed by atoms with E-state index >= 15 is 0 Å². The third kappa shape index (κ3) is 6.86. The van der Waals surface area contributed by atoms with E-state index in [1.54, 1.807) is 48.5 Å². The van der Waals surface area contributed by atoms with Crippen molar-refractivity contribution in [1.29, 1.82) is 0 Å². The molecule has 0 unspecified atom stereocenters. The molecule has 198 valence electrons. The maximum absolute atomic E-state index is 12.7. The Morgan fingerprint density at radius 2 is 1.64 bits per heavy atom. The van der Waals surface area contributed by atoms with Crippen molar-refractivity contribution in [2.24, 2.45) is 0 Å². The van der Waals surface area contributed by atoms with Gasteiger partial charge in [0.25, 0.3) is 5.91 Å². The van der Waals surface area contributed by atoms with Crippen LogP contribution in [0.25, 0.3) is 11.4 Å². The van der Waals surface area contributed by atoms with E-state index in [2.05, 4.69) is 25.9 Å².